The van der Waals surface area contributed by atoms with Gasteiger partial charge in [-0.2, -0.15) is 0 Å². The van der Waals surface area contributed by atoms with Crippen molar-refractivity contribution in [3.05, 3.63) is 54.1 Å². The molecule has 8 nitrogen and oxygen atoms in total. The summed E-state index contributed by atoms with van der Waals surface area (Å²) in [5.74, 6) is 0.916. The Morgan fingerprint density at radius 3 is 2.38 bits per heavy atom. The number of rotatable bonds is 5. The smallest absolute Gasteiger partial charge is 0.325 e. The number of urea groups is 1. The molecular formula is C24H27N3O5. The number of hydrogen-bond donors (Lipinski definition) is 2. The van der Waals surface area contributed by atoms with Crippen molar-refractivity contribution < 1.29 is 23.9 Å². The number of amides is 3. The first kappa shape index (κ1) is 21.8. The fourth-order valence-corrected chi connectivity index (χ4v) is 4.05. The number of imide groups is 1. The minimum absolute atomic E-state index is 0.0394. The van der Waals surface area contributed by atoms with Crippen LogP contribution in [-0.4, -0.2) is 55.0 Å². The van der Waals surface area contributed by atoms with Gasteiger partial charge in [0, 0.05) is 23.2 Å². The topological polar surface area (TPSA) is 97.0 Å². The maximum atomic E-state index is 12.7. The van der Waals surface area contributed by atoms with E-state index in [4.69, 9.17) is 9.47 Å². The van der Waals surface area contributed by atoms with E-state index in [0.717, 1.165) is 5.56 Å². The van der Waals surface area contributed by atoms with Gasteiger partial charge in [0.2, 0.25) is 5.91 Å². The molecule has 0 aliphatic carbocycles. The molecule has 0 aromatic heterocycles. The maximum absolute atomic E-state index is 12.7. The SMILES string of the molecule is C[C@H](C(=O)NC(=O)Nc1ccc2c(c1)OCCO2)N1CCC(C(=O)c2ccccc2)CC1. The quantitative estimate of drug-likeness (QED) is 0.698. The number of anilines is 1. The average Bonchev–Trinajstić information content (AvgIpc) is 2.83. The first-order valence-electron chi connectivity index (χ1n) is 10.9. The number of likely N-dealkylation sites (tertiary alicyclic amines) is 1. The molecule has 2 aliphatic rings. The standard InChI is InChI=1S/C24H27N3O5/c1-16(27-11-9-18(10-12-27)22(28)17-5-3-2-4-6-17)23(29)26-24(30)25-19-7-8-20-21(15-19)32-14-13-31-20/h2-8,15-16,18H,9-14H2,1H3,(H2,25,26,29,30)/t16-/m1/s1. The molecule has 1 atom stereocenters. The molecule has 0 radical (unpaired) electrons. The van der Waals surface area contributed by atoms with E-state index in [1.54, 1.807) is 25.1 Å². The molecule has 8 heteroatoms. The first-order chi connectivity index (χ1) is 15.5. The summed E-state index contributed by atoms with van der Waals surface area (Å²) in [6.07, 6.45) is 1.38. The van der Waals surface area contributed by atoms with Gasteiger partial charge >= 0.3 is 6.03 Å². The van der Waals surface area contributed by atoms with Gasteiger partial charge in [-0.15, -0.1) is 0 Å². The number of hydrogen-bond acceptors (Lipinski definition) is 6. The Morgan fingerprint density at radius 2 is 1.66 bits per heavy atom. The van der Waals surface area contributed by atoms with E-state index < -0.39 is 12.1 Å². The van der Waals surface area contributed by atoms with E-state index in [0.29, 0.717) is 56.3 Å². The molecule has 2 heterocycles. The number of nitrogens with zero attached hydrogens (tertiary/aromatic N) is 1. The third kappa shape index (κ3) is 5.08. The van der Waals surface area contributed by atoms with Crippen molar-refractivity contribution in [1.29, 1.82) is 0 Å². The van der Waals surface area contributed by atoms with Gasteiger partial charge in [-0.25, -0.2) is 4.79 Å². The lowest BCUT2D eigenvalue weighted by atomic mass is 9.88. The maximum Gasteiger partial charge on any atom is 0.325 e. The monoisotopic (exact) mass is 437 g/mol. The van der Waals surface area contributed by atoms with Crippen LogP contribution in [0.3, 0.4) is 0 Å². The van der Waals surface area contributed by atoms with Crippen molar-refractivity contribution in [2.75, 3.05) is 31.6 Å². The summed E-state index contributed by atoms with van der Waals surface area (Å²) in [7, 11) is 0. The lowest BCUT2D eigenvalue weighted by Gasteiger charge is -2.34. The predicted octanol–water partition coefficient (Wildman–Crippen LogP) is 3.09. The Kier molecular flexibility index (Phi) is 6.70. The third-order valence-electron chi connectivity index (χ3n) is 5.92. The van der Waals surface area contributed by atoms with Crippen LogP contribution < -0.4 is 20.1 Å². The highest BCUT2D eigenvalue weighted by Gasteiger charge is 2.30. The van der Waals surface area contributed by atoms with Crippen LogP contribution in [0, 0.1) is 5.92 Å². The first-order valence-corrected chi connectivity index (χ1v) is 10.9. The molecule has 2 aromatic rings. The van der Waals surface area contributed by atoms with Gasteiger partial charge in [0.1, 0.15) is 13.2 Å². The number of Topliss-reactive ketones (excluding diaryl/α,β-unsaturated/α-hetero) is 1. The fraction of sp³-hybridized carbons (Fsp3) is 0.375. The zero-order valence-corrected chi connectivity index (χ0v) is 18.0. The number of ether oxygens (including phenoxy) is 2. The van der Waals surface area contributed by atoms with E-state index in [1.807, 2.05) is 35.2 Å². The summed E-state index contributed by atoms with van der Waals surface area (Å²) < 4.78 is 11.0. The summed E-state index contributed by atoms with van der Waals surface area (Å²) in [6, 6.07) is 13.3. The third-order valence-corrected chi connectivity index (χ3v) is 5.92. The van der Waals surface area contributed by atoms with Crippen LogP contribution >= 0.6 is 0 Å². The Balaban J connectivity index is 1.26. The van der Waals surface area contributed by atoms with Crippen molar-refractivity contribution in [1.82, 2.24) is 10.2 Å². The van der Waals surface area contributed by atoms with Gasteiger partial charge in [0.25, 0.3) is 0 Å². The van der Waals surface area contributed by atoms with Crippen molar-refractivity contribution >= 4 is 23.4 Å². The van der Waals surface area contributed by atoms with Gasteiger partial charge in [-0.05, 0) is 45.0 Å². The summed E-state index contributed by atoms with van der Waals surface area (Å²) in [4.78, 5) is 39.5. The van der Waals surface area contributed by atoms with Crippen LogP contribution in [0.25, 0.3) is 0 Å². The highest BCUT2D eigenvalue weighted by atomic mass is 16.6. The predicted molar refractivity (Wildman–Crippen MR) is 119 cm³/mol. The van der Waals surface area contributed by atoms with Crippen molar-refractivity contribution in [3.63, 3.8) is 0 Å². The summed E-state index contributed by atoms with van der Waals surface area (Å²) in [6.45, 7) is 3.96. The molecule has 3 amide bonds. The van der Waals surface area contributed by atoms with E-state index in [2.05, 4.69) is 10.6 Å². The van der Waals surface area contributed by atoms with Gasteiger partial charge in [0.15, 0.2) is 17.3 Å². The van der Waals surface area contributed by atoms with E-state index in [1.165, 1.54) is 0 Å². The highest BCUT2D eigenvalue weighted by molar-refractivity contribution is 6.03. The minimum atomic E-state index is -0.604. The second-order valence-corrected chi connectivity index (χ2v) is 8.02. The molecule has 168 valence electrons. The molecule has 0 bridgehead atoms. The molecule has 0 unspecified atom stereocenters. The summed E-state index contributed by atoms with van der Waals surface area (Å²) in [5.41, 5.74) is 1.24. The molecular weight excluding hydrogens is 410 g/mol. The van der Waals surface area contributed by atoms with Crippen LogP contribution in [0.5, 0.6) is 11.5 Å². The Hall–Kier alpha value is -3.39. The Morgan fingerprint density at radius 1 is 0.969 bits per heavy atom. The van der Waals surface area contributed by atoms with E-state index >= 15 is 0 Å². The summed E-state index contributed by atoms with van der Waals surface area (Å²) >= 11 is 0. The highest BCUT2D eigenvalue weighted by Crippen LogP contribution is 2.32. The van der Waals surface area contributed by atoms with Crippen LogP contribution in [0.2, 0.25) is 0 Å². The average molecular weight is 437 g/mol. The van der Waals surface area contributed by atoms with Gasteiger partial charge < -0.3 is 14.8 Å². The number of benzene rings is 2. The molecule has 4 rings (SSSR count). The molecule has 1 saturated heterocycles. The Bertz CT molecular complexity index is 986. The largest absolute Gasteiger partial charge is 0.486 e. The normalized spacial score (nSPS) is 17.3. The van der Waals surface area contributed by atoms with Gasteiger partial charge in [0.05, 0.1) is 6.04 Å². The second-order valence-electron chi connectivity index (χ2n) is 8.02. The zero-order valence-electron chi connectivity index (χ0n) is 18.0. The second kappa shape index (κ2) is 9.82. The van der Waals surface area contributed by atoms with Crippen LogP contribution in [0.15, 0.2) is 48.5 Å². The number of carbonyl (C=O) groups excluding carboxylic acids is 3. The van der Waals surface area contributed by atoms with Crippen molar-refractivity contribution in [3.8, 4) is 11.5 Å². The van der Waals surface area contributed by atoms with Gasteiger partial charge in [-0.1, -0.05) is 30.3 Å². The number of nitrogens with one attached hydrogen (secondary N) is 2. The molecule has 0 spiro atoms. The number of carbonyl (C=O) groups is 3. The number of ketones is 1. The van der Waals surface area contributed by atoms with E-state index in [9.17, 15) is 14.4 Å². The molecule has 2 N–H and O–H groups in total. The summed E-state index contributed by atoms with van der Waals surface area (Å²) in [5, 5.41) is 5.05. The molecule has 1 fully saturated rings. The fourth-order valence-electron chi connectivity index (χ4n) is 4.05. The Labute approximate surface area is 186 Å². The zero-order chi connectivity index (χ0) is 22.5. The van der Waals surface area contributed by atoms with Crippen molar-refractivity contribution in [2.24, 2.45) is 5.92 Å². The van der Waals surface area contributed by atoms with E-state index in [-0.39, 0.29) is 17.6 Å². The molecule has 2 aliphatic heterocycles. The number of fused-ring (bicyclic) bond motifs is 1. The molecule has 0 saturated carbocycles. The van der Waals surface area contributed by atoms with Crippen LogP contribution in [-0.2, 0) is 4.79 Å². The molecule has 32 heavy (non-hydrogen) atoms. The number of piperidine rings is 1. The van der Waals surface area contributed by atoms with Crippen LogP contribution in [0.1, 0.15) is 30.1 Å². The lowest BCUT2D eigenvalue weighted by Crippen LogP contribution is -2.50. The lowest BCUT2D eigenvalue weighted by molar-refractivity contribution is -0.125. The van der Waals surface area contributed by atoms with Crippen molar-refractivity contribution in [2.45, 2.75) is 25.8 Å². The minimum Gasteiger partial charge on any atom is -0.486 e. The van der Waals surface area contributed by atoms with Gasteiger partial charge in [-0.3, -0.25) is 19.8 Å². The van der Waals surface area contributed by atoms with Crippen LogP contribution in [0.4, 0.5) is 10.5 Å². The molecule has 2 aromatic carbocycles.